The van der Waals surface area contributed by atoms with Gasteiger partial charge in [0, 0.05) is 11.1 Å². The van der Waals surface area contributed by atoms with E-state index in [1.807, 2.05) is 6.07 Å². The molecular formula is C10H8CsNO. The van der Waals surface area contributed by atoms with Gasteiger partial charge < -0.3 is 10.8 Å². The van der Waals surface area contributed by atoms with Crippen molar-refractivity contribution in [2.24, 2.45) is 0 Å². The summed E-state index contributed by atoms with van der Waals surface area (Å²) < 4.78 is 0. The molecule has 2 N–H and O–H groups in total. The summed E-state index contributed by atoms with van der Waals surface area (Å²) in [5, 5.41) is 12.8. The fourth-order valence-corrected chi connectivity index (χ4v) is 1.31. The third-order valence-electron chi connectivity index (χ3n) is 1.92. The number of benzene rings is 2. The summed E-state index contributed by atoms with van der Waals surface area (Å²) in [5.41, 5.74) is 6.34. The fourth-order valence-electron chi connectivity index (χ4n) is 1.31. The Morgan fingerprint density at radius 2 is 1.54 bits per heavy atom. The quantitative estimate of drug-likeness (QED) is 0.601. The van der Waals surface area contributed by atoms with Crippen LogP contribution >= 0.6 is 0 Å². The van der Waals surface area contributed by atoms with Crippen molar-refractivity contribution in [2.45, 2.75) is 0 Å². The van der Waals surface area contributed by atoms with Crippen LogP contribution in [0.1, 0.15) is 0 Å². The van der Waals surface area contributed by atoms with Gasteiger partial charge in [0.05, 0.1) is 0 Å². The van der Waals surface area contributed by atoms with E-state index in [1.165, 1.54) is 0 Å². The standard InChI is InChI=1S/C10H9NO.Cs/c11-9-5-1-4-8-7(9)3-2-6-10(8)12;/h1-6,12H,11H2;/q;+1/p-1. The molecule has 0 radical (unpaired) electrons. The van der Waals surface area contributed by atoms with E-state index in [1.54, 1.807) is 30.3 Å². The number of hydrogen-bond acceptors (Lipinski definition) is 2. The molecule has 0 atom stereocenters. The summed E-state index contributed by atoms with van der Waals surface area (Å²) in [4.78, 5) is 0. The van der Waals surface area contributed by atoms with Crippen molar-refractivity contribution >= 4 is 16.5 Å². The summed E-state index contributed by atoms with van der Waals surface area (Å²) in [6, 6.07) is 10.5. The van der Waals surface area contributed by atoms with Crippen LogP contribution in [0.15, 0.2) is 36.4 Å². The minimum absolute atomic E-state index is 0. The first-order chi connectivity index (χ1) is 5.79. The van der Waals surface area contributed by atoms with E-state index in [4.69, 9.17) is 5.73 Å². The molecule has 0 saturated heterocycles. The molecule has 0 unspecified atom stereocenters. The molecule has 0 aliphatic heterocycles. The molecule has 0 aliphatic rings. The predicted octanol–water partition coefficient (Wildman–Crippen LogP) is -1.50. The second-order valence-electron chi connectivity index (χ2n) is 2.70. The molecular weight excluding hydrogens is 283 g/mol. The molecule has 13 heavy (non-hydrogen) atoms. The monoisotopic (exact) mass is 291 g/mol. The Morgan fingerprint density at radius 3 is 2.23 bits per heavy atom. The van der Waals surface area contributed by atoms with Gasteiger partial charge in [0.15, 0.2) is 0 Å². The Bertz CT molecular complexity index is 387. The number of rotatable bonds is 0. The summed E-state index contributed by atoms with van der Waals surface area (Å²) in [5.74, 6) is 0.0276. The smallest absolute Gasteiger partial charge is 0.872 e. The Hall–Kier alpha value is 0.352. The first-order valence-electron chi connectivity index (χ1n) is 3.73. The van der Waals surface area contributed by atoms with Crippen molar-refractivity contribution in [1.29, 1.82) is 0 Å². The largest absolute Gasteiger partial charge is 1.00 e. The molecule has 3 heteroatoms. The van der Waals surface area contributed by atoms with E-state index in [0.29, 0.717) is 11.1 Å². The van der Waals surface area contributed by atoms with E-state index in [9.17, 15) is 5.11 Å². The predicted molar refractivity (Wildman–Crippen MR) is 47.8 cm³/mol. The average Bonchev–Trinajstić information content (AvgIpc) is 2.07. The van der Waals surface area contributed by atoms with Gasteiger partial charge in [-0.15, -0.1) is 5.75 Å². The zero-order valence-corrected chi connectivity index (χ0v) is 13.7. The van der Waals surface area contributed by atoms with Crippen LogP contribution in [0.5, 0.6) is 5.75 Å². The van der Waals surface area contributed by atoms with Crippen molar-refractivity contribution < 1.29 is 74.0 Å². The molecule has 0 fully saturated rings. The van der Waals surface area contributed by atoms with E-state index < -0.39 is 0 Å². The van der Waals surface area contributed by atoms with Gasteiger partial charge in [-0.25, -0.2) is 0 Å². The minimum Gasteiger partial charge on any atom is -0.872 e. The number of fused-ring (bicyclic) bond motifs is 1. The summed E-state index contributed by atoms with van der Waals surface area (Å²) in [7, 11) is 0. The molecule has 0 saturated carbocycles. The molecule has 0 spiro atoms. The number of nitrogens with two attached hydrogens (primary N) is 1. The maximum absolute atomic E-state index is 11.3. The molecule has 0 aromatic heterocycles. The van der Waals surface area contributed by atoms with Gasteiger partial charge in [-0.1, -0.05) is 30.3 Å². The van der Waals surface area contributed by atoms with E-state index in [2.05, 4.69) is 0 Å². The number of nitrogen functional groups attached to an aromatic ring is 1. The Balaban J connectivity index is 0.000000845. The molecule has 2 rings (SSSR count). The topological polar surface area (TPSA) is 49.1 Å². The van der Waals surface area contributed by atoms with Crippen LogP contribution in [0.2, 0.25) is 0 Å². The molecule has 2 nitrogen and oxygen atoms in total. The van der Waals surface area contributed by atoms with Gasteiger partial charge in [-0.3, -0.25) is 0 Å². The first kappa shape index (κ1) is 11.4. The van der Waals surface area contributed by atoms with E-state index in [-0.39, 0.29) is 74.6 Å². The van der Waals surface area contributed by atoms with Crippen molar-refractivity contribution in [3.63, 3.8) is 0 Å². The van der Waals surface area contributed by atoms with Crippen LogP contribution < -0.4 is 79.7 Å². The van der Waals surface area contributed by atoms with Gasteiger partial charge >= 0.3 is 68.9 Å². The van der Waals surface area contributed by atoms with Gasteiger partial charge in [0.1, 0.15) is 0 Å². The van der Waals surface area contributed by atoms with Crippen molar-refractivity contribution in [2.75, 3.05) is 5.73 Å². The molecule has 0 aliphatic carbocycles. The SMILES string of the molecule is Nc1cccc2c([O-])cccc12.[Cs+]. The summed E-state index contributed by atoms with van der Waals surface area (Å²) >= 11 is 0. The number of hydrogen-bond donors (Lipinski definition) is 1. The first-order valence-corrected chi connectivity index (χ1v) is 3.73. The maximum atomic E-state index is 11.3. The normalized spacial score (nSPS) is 9.54. The molecule has 60 valence electrons. The Labute approximate surface area is 136 Å². The van der Waals surface area contributed by atoms with Crippen molar-refractivity contribution in [3.8, 4) is 5.75 Å². The van der Waals surface area contributed by atoms with Crippen LogP contribution in [0.25, 0.3) is 10.8 Å². The van der Waals surface area contributed by atoms with Gasteiger partial charge in [-0.05, 0) is 11.5 Å². The van der Waals surface area contributed by atoms with Crippen LogP contribution in [0, 0.1) is 0 Å². The van der Waals surface area contributed by atoms with Crippen molar-refractivity contribution in [1.82, 2.24) is 0 Å². The fraction of sp³-hybridized carbons (Fsp3) is 0. The van der Waals surface area contributed by atoms with Crippen LogP contribution in [-0.4, -0.2) is 0 Å². The third kappa shape index (κ3) is 2.23. The van der Waals surface area contributed by atoms with Crippen molar-refractivity contribution in [3.05, 3.63) is 36.4 Å². The number of anilines is 1. The van der Waals surface area contributed by atoms with Gasteiger partial charge in [0.25, 0.3) is 0 Å². The Kier molecular flexibility index (Phi) is 4.15. The van der Waals surface area contributed by atoms with Crippen LogP contribution in [-0.2, 0) is 0 Å². The van der Waals surface area contributed by atoms with Crippen LogP contribution in [0.3, 0.4) is 0 Å². The summed E-state index contributed by atoms with van der Waals surface area (Å²) in [6.45, 7) is 0. The zero-order chi connectivity index (χ0) is 8.55. The van der Waals surface area contributed by atoms with E-state index in [0.717, 1.165) is 5.39 Å². The van der Waals surface area contributed by atoms with Gasteiger partial charge in [0.2, 0.25) is 0 Å². The van der Waals surface area contributed by atoms with Gasteiger partial charge in [-0.2, -0.15) is 0 Å². The molecule has 2 aromatic rings. The van der Waals surface area contributed by atoms with E-state index >= 15 is 0 Å². The van der Waals surface area contributed by atoms with Crippen LogP contribution in [0.4, 0.5) is 5.69 Å². The second kappa shape index (κ2) is 4.73. The molecule has 0 bridgehead atoms. The average molecular weight is 291 g/mol. The maximum Gasteiger partial charge on any atom is 1.00 e. The molecule has 0 heterocycles. The third-order valence-corrected chi connectivity index (χ3v) is 1.92. The second-order valence-corrected chi connectivity index (χ2v) is 2.70. The molecule has 0 amide bonds. The molecule has 2 aromatic carbocycles. The zero-order valence-electron chi connectivity index (χ0n) is 7.45. The summed E-state index contributed by atoms with van der Waals surface area (Å²) in [6.07, 6.45) is 0. The Morgan fingerprint density at radius 1 is 0.923 bits per heavy atom. The minimum atomic E-state index is 0.